The molecule has 0 unspecified atom stereocenters. The monoisotopic (exact) mass is 363 g/mol. The number of carbonyl (C=O) groups is 1. The molecule has 0 spiro atoms. The molecule has 2 N–H and O–H groups in total. The fraction of sp³-hybridized carbons (Fsp3) is 0.353. The zero-order chi connectivity index (χ0) is 17.9. The van der Waals surface area contributed by atoms with Gasteiger partial charge < -0.3 is 15.0 Å². The van der Waals surface area contributed by atoms with Crippen molar-refractivity contribution in [2.45, 2.75) is 24.7 Å². The molecule has 1 aliphatic heterocycles. The molecule has 134 valence electrons. The summed E-state index contributed by atoms with van der Waals surface area (Å²) in [6, 6.07) is 8.46. The van der Waals surface area contributed by atoms with E-state index in [4.69, 9.17) is 4.74 Å². The first kappa shape index (κ1) is 17.5. The SMILES string of the molecule is CCOc1ccccc1NC(=O)c1cc(S(=O)(=O)N2CCCC2)c[nH]1. The van der Waals surface area contributed by atoms with Crippen molar-refractivity contribution in [2.24, 2.45) is 0 Å². The number of nitrogens with zero attached hydrogens (tertiary/aromatic N) is 1. The minimum absolute atomic E-state index is 0.109. The molecule has 1 saturated heterocycles. The standard InChI is InChI=1S/C17H21N3O4S/c1-2-24-16-8-4-3-7-14(16)19-17(21)15-11-13(12-18-15)25(22,23)20-9-5-6-10-20/h3-4,7-8,11-12,18H,2,5-6,9-10H2,1H3,(H,19,21). The molecule has 2 aromatic rings. The van der Waals surface area contributed by atoms with Crippen molar-refractivity contribution in [3.63, 3.8) is 0 Å². The van der Waals surface area contributed by atoms with Gasteiger partial charge in [-0.2, -0.15) is 4.31 Å². The third kappa shape index (κ3) is 3.69. The summed E-state index contributed by atoms with van der Waals surface area (Å²) in [5.74, 6) is 0.143. The Kier molecular flexibility index (Phi) is 5.10. The predicted octanol–water partition coefficient (Wildman–Crippen LogP) is 2.45. The summed E-state index contributed by atoms with van der Waals surface area (Å²) in [5.41, 5.74) is 0.719. The second kappa shape index (κ2) is 7.28. The maximum atomic E-state index is 12.5. The van der Waals surface area contributed by atoms with Crippen LogP contribution in [-0.4, -0.2) is 43.3 Å². The topological polar surface area (TPSA) is 91.5 Å². The number of hydrogen-bond donors (Lipinski definition) is 2. The van der Waals surface area contributed by atoms with E-state index >= 15 is 0 Å². The number of rotatable bonds is 6. The van der Waals surface area contributed by atoms with Crippen LogP contribution in [0, 0.1) is 0 Å². The number of nitrogens with one attached hydrogen (secondary N) is 2. The predicted molar refractivity (Wildman–Crippen MR) is 94.3 cm³/mol. The van der Waals surface area contributed by atoms with Crippen LogP contribution in [0.2, 0.25) is 0 Å². The van der Waals surface area contributed by atoms with E-state index in [0.29, 0.717) is 31.1 Å². The van der Waals surface area contributed by atoms with Crippen LogP contribution >= 0.6 is 0 Å². The highest BCUT2D eigenvalue weighted by atomic mass is 32.2. The molecule has 0 bridgehead atoms. The average molecular weight is 363 g/mol. The van der Waals surface area contributed by atoms with Gasteiger partial charge in [0.1, 0.15) is 16.3 Å². The van der Waals surface area contributed by atoms with Gasteiger partial charge in [-0.05, 0) is 38.0 Å². The largest absolute Gasteiger partial charge is 0.492 e. The summed E-state index contributed by atoms with van der Waals surface area (Å²) in [4.78, 5) is 15.3. The van der Waals surface area contributed by atoms with Crippen LogP contribution in [0.1, 0.15) is 30.3 Å². The third-order valence-electron chi connectivity index (χ3n) is 4.04. The summed E-state index contributed by atoms with van der Waals surface area (Å²) in [6.07, 6.45) is 3.09. The summed E-state index contributed by atoms with van der Waals surface area (Å²) in [5, 5.41) is 2.74. The Labute approximate surface area is 147 Å². The lowest BCUT2D eigenvalue weighted by Gasteiger charge is -2.13. The zero-order valence-corrected chi connectivity index (χ0v) is 14.8. The number of aromatic amines is 1. The Bertz CT molecular complexity index is 854. The first-order chi connectivity index (χ1) is 12.0. The van der Waals surface area contributed by atoms with Crippen molar-refractivity contribution in [3.8, 4) is 5.75 Å². The van der Waals surface area contributed by atoms with Crippen LogP contribution in [0.15, 0.2) is 41.4 Å². The van der Waals surface area contributed by atoms with Crippen LogP contribution in [0.5, 0.6) is 5.75 Å². The summed E-state index contributed by atoms with van der Waals surface area (Å²) in [7, 11) is -3.54. The van der Waals surface area contributed by atoms with Gasteiger partial charge in [0, 0.05) is 19.3 Å². The van der Waals surface area contributed by atoms with Gasteiger partial charge in [-0.25, -0.2) is 8.42 Å². The van der Waals surface area contributed by atoms with Gasteiger partial charge in [0.15, 0.2) is 0 Å². The molecule has 1 aliphatic rings. The molecule has 25 heavy (non-hydrogen) atoms. The fourth-order valence-corrected chi connectivity index (χ4v) is 4.28. The Morgan fingerprint density at radius 1 is 1.28 bits per heavy atom. The normalized spacial score (nSPS) is 15.2. The van der Waals surface area contributed by atoms with E-state index in [0.717, 1.165) is 12.8 Å². The number of amides is 1. The molecule has 3 rings (SSSR count). The molecule has 1 fully saturated rings. The highest BCUT2D eigenvalue weighted by molar-refractivity contribution is 7.89. The lowest BCUT2D eigenvalue weighted by molar-refractivity contribution is 0.102. The number of hydrogen-bond acceptors (Lipinski definition) is 4. The average Bonchev–Trinajstić information content (AvgIpc) is 3.29. The minimum Gasteiger partial charge on any atom is -0.492 e. The Morgan fingerprint density at radius 3 is 2.72 bits per heavy atom. The lowest BCUT2D eigenvalue weighted by Crippen LogP contribution is -2.27. The number of H-pyrrole nitrogens is 1. The molecule has 1 amide bonds. The van der Waals surface area contributed by atoms with E-state index in [1.807, 2.05) is 13.0 Å². The van der Waals surface area contributed by atoms with Crippen LogP contribution in [0.4, 0.5) is 5.69 Å². The molecule has 1 aromatic heterocycles. The van der Waals surface area contributed by atoms with Gasteiger partial charge >= 0.3 is 0 Å². The van der Waals surface area contributed by atoms with Gasteiger partial charge in [0.25, 0.3) is 5.91 Å². The first-order valence-electron chi connectivity index (χ1n) is 8.24. The third-order valence-corrected chi connectivity index (χ3v) is 5.92. The molecular weight excluding hydrogens is 342 g/mol. The molecule has 0 aliphatic carbocycles. The second-order valence-corrected chi connectivity index (χ2v) is 7.68. The van der Waals surface area contributed by atoms with E-state index in [9.17, 15) is 13.2 Å². The van der Waals surface area contributed by atoms with Gasteiger partial charge in [0.2, 0.25) is 10.0 Å². The highest BCUT2D eigenvalue weighted by Crippen LogP contribution is 2.25. The molecule has 2 heterocycles. The van der Waals surface area contributed by atoms with Crippen LogP contribution in [0.25, 0.3) is 0 Å². The second-order valence-electron chi connectivity index (χ2n) is 5.74. The molecule has 0 saturated carbocycles. The van der Waals surface area contributed by atoms with E-state index in [1.165, 1.54) is 16.6 Å². The summed E-state index contributed by atoms with van der Waals surface area (Å²) >= 11 is 0. The van der Waals surface area contributed by atoms with Crippen molar-refractivity contribution in [2.75, 3.05) is 25.0 Å². The van der Waals surface area contributed by atoms with Crippen molar-refractivity contribution in [3.05, 3.63) is 42.2 Å². The highest BCUT2D eigenvalue weighted by Gasteiger charge is 2.28. The molecule has 0 radical (unpaired) electrons. The number of sulfonamides is 1. The van der Waals surface area contributed by atoms with Gasteiger partial charge in [-0.3, -0.25) is 4.79 Å². The van der Waals surface area contributed by atoms with Gasteiger partial charge in [-0.15, -0.1) is 0 Å². The Hall–Kier alpha value is -2.32. The van der Waals surface area contributed by atoms with Crippen LogP contribution in [0.3, 0.4) is 0 Å². The quantitative estimate of drug-likeness (QED) is 0.825. The maximum absolute atomic E-state index is 12.5. The van der Waals surface area contributed by atoms with E-state index in [2.05, 4.69) is 10.3 Å². The number of benzene rings is 1. The van der Waals surface area contributed by atoms with Gasteiger partial charge in [-0.1, -0.05) is 12.1 Å². The van der Waals surface area contributed by atoms with E-state index in [1.54, 1.807) is 18.2 Å². The van der Waals surface area contributed by atoms with Crippen molar-refractivity contribution in [1.82, 2.24) is 9.29 Å². The van der Waals surface area contributed by atoms with E-state index in [-0.39, 0.29) is 10.6 Å². The Balaban J connectivity index is 1.77. The first-order valence-corrected chi connectivity index (χ1v) is 9.68. The number of para-hydroxylation sites is 2. The zero-order valence-electron chi connectivity index (χ0n) is 14.0. The maximum Gasteiger partial charge on any atom is 0.272 e. The molecule has 8 heteroatoms. The summed E-state index contributed by atoms with van der Waals surface area (Å²) < 4.78 is 32.0. The number of carbonyl (C=O) groups excluding carboxylic acids is 1. The summed E-state index contributed by atoms with van der Waals surface area (Å²) in [6.45, 7) is 3.39. The number of anilines is 1. The van der Waals surface area contributed by atoms with Crippen molar-refractivity contribution >= 4 is 21.6 Å². The van der Waals surface area contributed by atoms with E-state index < -0.39 is 15.9 Å². The van der Waals surface area contributed by atoms with Crippen LogP contribution in [-0.2, 0) is 10.0 Å². The Morgan fingerprint density at radius 2 is 2.00 bits per heavy atom. The van der Waals surface area contributed by atoms with Crippen molar-refractivity contribution < 1.29 is 17.9 Å². The number of ether oxygens (including phenoxy) is 1. The van der Waals surface area contributed by atoms with Gasteiger partial charge in [0.05, 0.1) is 12.3 Å². The number of aromatic nitrogens is 1. The van der Waals surface area contributed by atoms with Crippen molar-refractivity contribution in [1.29, 1.82) is 0 Å². The molecule has 0 atom stereocenters. The lowest BCUT2D eigenvalue weighted by atomic mass is 10.3. The minimum atomic E-state index is -3.54. The molecule has 1 aromatic carbocycles. The van der Waals surface area contributed by atoms with Crippen LogP contribution < -0.4 is 10.1 Å². The molecule has 7 nitrogen and oxygen atoms in total. The molecular formula is C17H21N3O4S. The fourth-order valence-electron chi connectivity index (χ4n) is 2.77. The smallest absolute Gasteiger partial charge is 0.272 e.